The SMILES string of the molecule is Cc1ccc(CN(C(=O)CN(c2ccccc2Cl)S(=O)(=O)c2ccccc2)[C@H](C)C(=O)NC(C)C)cc1. The van der Waals surface area contributed by atoms with Gasteiger partial charge in [-0.15, -0.1) is 0 Å². The molecule has 0 aliphatic heterocycles. The number of carbonyl (C=O) groups excluding carboxylic acids is 2. The summed E-state index contributed by atoms with van der Waals surface area (Å²) in [6.07, 6.45) is 0. The Bertz CT molecular complexity index is 1330. The Kier molecular flexibility index (Phi) is 9.34. The lowest BCUT2D eigenvalue weighted by Crippen LogP contribution is -2.52. The predicted molar refractivity (Wildman–Crippen MR) is 147 cm³/mol. The van der Waals surface area contributed by atoms with E-state index in [2.05, 4.69) is 5.32 Å². The second-order valence-electron chi connectivity index (χ2n) is 9.12. The van der Waals surface area contributed by atoms with Crippen LogP contribution in [0, 0.1) is 6.92 Å². The summed E-state index contributed by atoms with van der Waals surface area (Å²) in [6.45, 7) is 6.86. The highest BCUT2D eigenvalue weighted by Crippen LogP contribution is 2.30. The summed E-state index contributed by atoms with van der Waals surface area (Å²) in [7, 11) is -4.15. The van der Waals surface area contributed by atoms with E-state index in [9.17, 15) is 18.0 Å². The van der Waals surface area contributed by atoms with Gasteiger partial charge >= 0.3 is 0 Å². The fourth-order valence-corrected chi connectivity index (χ4v) is 5.51. The van der Waals surface area contributed by atoms with Gasteiger partial charge in [-0.2, -0.15) is 0 Å². The number of amides is 2. The maximum absolute atomic E-state index is 13.8. The van der Waals surface area contributed by atoms with E-state index in [1.807, 2.05) is 45.0 Å². The van der Waals surface area contributed by atoms with Crippen molar-refractivity contribution in [1.82, 2.24) is 10.2 Å². The first-order valence-corrected chi connectivity index (χ1v) is 13.8. The molecule has 0 aliphatic carbocycles. The van der Waals surface area contributed by atoms with Crippen LogP contribution in [0.2, 0.25) is 5.02 Å². The largest absolute Gasteiger partial charge is 0.352 e. The van der Waals surface area contributed by atoms with Gasteiger partial charge < -0.3 is 10.2 Å². The Labute approximate surface area is 224 Å². The zero-order chi connectivity index (χ0) is 27.2. The van der Waals surface area contributed by atoms with Crippen LogP contribution in [0.25, 0.3) is 0 Å². The summed E-state index contributed by atoms with van der Waals surface area (Å²) < 4.78 is 28.4. The van der Waals surface area contributed by atoms with Crippen LogP contribution in [-0.4, -0.2) is 43.8 Å². The number of hydrogen-bond acceptors (Lipinski definition) is 4. The molecule has 0 fully saturated rings. The Morgan fingerprint density at radius 2 is 1.49 bits per heavy atom. The molecule has 3 aromatic rings. The summed E-state index contributed by atoms with van der Waals surface area (Å²) in [5.41, 5.74) is 2.06. The van der Waals surface area contributed by atoms with Gasteiger partial charge in [0, 0.05) is 12.6 Å². The zero-order valence-corrected chi connectivity index (χ0v) is 23.0. The van der Waals surface area contributed by atoms with Crippen LogP contribution >= 0.6 is 11.6 Å². The molecule has 196 valence electrons. The van der Waals surface area contributed by atoms with E-state index in [1.54, 1.807) is 49.4 Å². The number of aryl methyl sites for hydroxylation is 1. The van der Waals surface area contributed by atoms with Gasteiger partial charge in [0.2, 0.25) is 11.8 Å². The van der Waals surface area contributed by atoms with E-state index in [0.717, 1.165) is 15.4 Å². The number of nitrogens with zero attached hydrogens (tertiary/aromatic N) is 2. The maximum Gasteiger partial charge on any atom is 0.264 e. The summed E-state index contributed by atoms with van der Waals surface area (Å²) in [6, 6.07) is 21.0. The standard InChI is InChI=1S/C28H32ClN3O4S/c1-20(2)30-28(34)22(4)31(18-23-16-14-21(3)15-17-23)27(33)19-32(26-13-9-8-12-25(26)29)37(35,36)24-10-6-5-7-11-24/h5-17,20,22H,18-19H2,1-4H3,(H,30,34)/t22-/m1/s1. The third kappa shape index (κ3) is 7.11. The highest BCUT2D eigenvalue weighted by atomic mass is 35.5. The summed E-state index contributed by atoms with van der Waals surface area (Å²) >= 11 is 6.40. The quantitative estimate of drug-likeness (QED) is 0.400. The molecule has 0 radical (unpaired) electrons. The van der Waals surface area contributed by atoms with Crippen LogP contribution in [0.1, 0.15) is 31.9 Å². The van der Waals surface area contributed by atoms with Crippen LogP contribution < -0.4 is 9.62 Å². The van der Waals surface area contributed by atoms with Crippen LogP contribution in [0.15, 0.2) is 83.8 Å². The van der Waals surface area contributed by atoms with Crippen LogP contribution in [0.5, 0.6) is 0 Å². The second kappa shape index (κ2) is 12.3. The lowest BCUT2D eigenvalue weighted by molar-refractivity contribution is -0.139. The van der Waals surface area contributed by atoms with E-state index in [0.29, 0.717) is 0 Å². The number of sulfonamides is 1. The molecular weight excluding hydrogens is 510 g/mol. The molecule has 37 heavy (non-hydrogen) atoms. The molecular formula is C28H32ClN3O4S. The van der Waals surface area contributed by atoms with Crippen molar-refractivity contribution in [3.63, 3.8) is 0 Å². The molecule has 3 rings (SSSR count). The van der Waals surface area contributed by atoms with Crippen LogP contribution in [0.3, 0.4) is 0 Å². The molecule has 1 atom stereocenters. The number of halogens is 1. The van der Waals surface area contributed by atoms with Gasteiger partial charge in [0.15, 0.2) is 0 Å². The molecule has 0 aliphatic rings. The van der Waals surface area contributed by atoms with Gasteiger partial charge in [0.25, 0.3) is 10.0 Å². The van der Waals surface area contributed by atoms with E-state index in [-0.39, 0.29) is 34.1 Å². The number of anilines is 1. The number of para-hydroxylation sites is 1. The number of hydrogen-bond donors (Lipinski definition) is 1. The Balaban J connectivity index is 2.02. The molecule has 2 amide bonds. The van der Waals surface area contributed by atoms with E-state index in [1.165, 1.54) is 17.0 Å². The fraction of sp³-hybridized carbons (Fsp3) is 0.286. The lowest BCUT2D eigenvalue weighted by Gasteiger charge is -2.32. The first-order valence-electron chi connectivity index (χ1n) is 12.0. The summed E-state index contributed by atoms with van der Waals surface area (Å²) in [5.74, 6) is -0.864. The second-order valence-corrected chi connectivity index (χ2v) is 11.4. The number of nitrogens with one attached hydrogen (secondary N) is 1. The minimum Gasteiger partial charge on any atom is -0.352 e. The molecule has 0 saturated carbocycles. The average Bonchev–Trinajstić information content (AvgIpc) is 2.87. The Morgan fingerprint density at radius 1 is 0.892 bits per heavy atom. The van der Waals surface area contributed by atoms with Crippen molar-refractivity contribution < 1.29 is 18.0 Å². The number of carbonyl (C=O) groups is 2. The van der Waals surface area contributed by atoms with E-state index in [4.69, 9.17) is 11.6 Å². The molecule has 1 N–H and O–H groups in total. The lowest BCUT2D eigenvalue weighted by atomic mass is 10.1. The van der Waals surface area contributed by atoms with Crippen molar-refractivity contribution in [2.45, 2.75) is 51.2 Å². The van der Waals surface area contributed by atoms with Crippen molar-refractivity contribution in [2.75, 3.05) is 10.8 Å². The molecule has 0 unspecified atom stereocenters. The van der Waals surface area contributed by atoms with Gasteiger partial charge in [0.05, 0.1) is 15.6 Å². The minimum absolute atomic E-state index is 0.0263. The number of rotatable bonds is 10. The monoisotopic (exact) mass is 541 g/mol. The van der Waals surface area contributed by atoms with Crippen molar-refractivity contribution in [3.8, 4) is 0 Å². The van der Waals surface area contributed by atoms with Gasteiger partial charge in [0.1, 0.15) is 12.6 Å². The smallest absolute Gasteiger partial charge is 0.264 e. The van der Waals surface area contributed by atoms with Gasteiger partial charge in [-0.05, 0) is 57.5 Å². The highest BCUT2D eigenvalue weighted by Gasteiger charge is 2.33. The highest BCUT2D eigenvalue weighted by molar-refractivity contribution is 7.92. The fourth-order valence-electron chi connectivity index (χ4n) is 3.76. The molecule has 0 heterocycles. The first kappa shape index (κ1) is 28.2. The first-order chi connectivity index (χ1) is 17.5. The van der Waals surface area contributed by atoms with E-state index < -0.39 is 28.5 Å². The Morgan fingerprint density at radius 3 is 2.08 bits per heavy atom. The molecule has 9 heteroatoms. The molecule has 0 bridgehead atoms. The molecule has 0 aromatic heterocycles. The normalized spacial score (nSPS) is 12.2. The van der Waals surface area contributed by atoms with Gasteiger partial charge in [-0.25, -0.2) is 8.42 Å². The van der Waals surface area contributed by atoms with Crippen LogP contribution in [-0.2, 0) is 26.2 Å². The zero-order valence-electron chi connectivity index (χ0n) is 21.4. The topological polar surface area (TPSA) is 86.8 Å². The van der Waals surface area contributed by atoms with Gasteiger partial charge in [-0.1, -0.05) is 71.8 Å². The van der Waals surface area contributed by atoms with Gasteiger partial charge in [-0.3, -0.25) is 13.9 Å². The average molecular weight is 542 g/mol. The van der Waals surface area contributed by atoms with Crippen molar-refractivity contribution in [2.24, 2.45) is 0 Å². The summed E-state index contributed by atoms with van der Waals surface area (Å²) in [4.78, 5) is 28.2. The third-order valence-electron chi connectivity index (χ3n) is 5.80. The molecule has 0 saturated heterocycles. The van der Waals surface area contributed by atoms with E-state index >= 15 is 0 Å². The van der Waals surface area contributed by atoms with Crippen molar-refractivity contribution in [3.05, 3.63) is 95.0 Å². The molecule has 0 spiro atoms. The maximum atomic E-state index is 13.8. The third-order valence-corrected chi connectivity index (χ3v) is 7.90. The molecule has 7 nitrogen and oxygen atoms in total. The minimum atomic E-state index is -4.15. The van der Waals surface area contributed by atoms with Crippen LogP contribution in [0.4, 0.5) is 5.69 Å². The summed E-state index contributed by atoms with van der Waals surface area (Å²) in [5, 5.41) is 3.02. The Hall–Kier alpha value is -3.36. The predicted octanol–water partition coefficient (Wildman–Crippen LogP) is 4.79. The van der Waals surface area contributed by atoms with Crippen molar-refractivity contribution in [1.29, 1.82) is 0 Å². The molecule has 3 aromatic carbocycles. The number of benzene rings is 3. The van der Waals surface area contributed by atoms with Crippen molar-refractivity contribution >= 4 is 39.1 Å².